The Balaban J connectivity index is 2.52. The molecule has 0 aliphatic heterocycles. The fraction of sp³-hybridized carbons (Fsp3) is 0.417. The van der Waals surface area contributed by atoms with E-state index in [0.29, 0.717) is 12.8 Å². The maximum atomic E-state index is 13.9. The first-order valence-electron chi connectivity index (χ1n) is 5.58. The zero-order valence-corrected chi connectivity index (χ0v) is 10.9. The summed E-state index contributed by atoms with van der Waals surface area (Å²) in [4.78, 5) is 10.0. The van der Waals surface area contributed by atoms with Gasteiger partial charge in [0.2, 0.25) is 0 Å². The van der Waals surface area contributed by atoms with Gasteiger partial charge in [-0.15, -0.1) is 0 Å². The Morgan fingerprint density at radius 2 is 1.89 bits per heavy atom. The molecule has 1 aliphatic rings. The number of rotatable bonds is 4. The van der Waals surface area contributed by atoms with Crippen LogP contribution < -0.4 is 0 Å². The second-order valence-electron chi connectivity index (χ2n) is 4.86. The molecule has 104 valence electrons. The number of hydrogen-bond donors (Lipinski definition) is 1. The molecule has 0 bridgehead atoms. The third-order valence-electron chi connectivity index (χ3n) is 3.36. The first kappa shape index (κ1) is 13.9. The van der Waals surface area contributed by atoms with Gasteiger partial charge in [0.25, 0.3) is 0 Å². The maximum Gasteiger partial charge on any atom is 0.304 e. The van der Waals surface area contributed by atoms with Gasteiger partial charge >= 0.3 is 5.97 Å². The van der Waals surface area contributed by atoms with Crippen molar-refractivity contribution >= 4 is 15.8 Å². The molecule has 1 saturated carbocycles. The zero-order chi connectivity index (χ0) is 14.4. The third kappa shape index (κ3) is 2.47. The Morgan fingerprint density at radius 1 is 1.32 bits per heavy atom. The average molecular weight is 290 g/mol. The molecular weight excluding hydrogens is 278 g/mol. The molecule has 0 spiro atoms. The number of carbonyl (C=O) groups is 1. The quantitative estimate of drug-likeness (QED) is 0.919. The minimum atomic E-state index is -3.85. The van der Waals surface area contributed by atoms with E-state index in [9.17, 15) is 22.0 Å². The van der Waals surface area contributed by atoms with Crippen molar-refractivity contribution in [1.29, 1.82) is 0 Å². The van der Waals surface area contributed by atoms with Crippen LogP contribution in [-0.2, 0) is 20.0 Å². The Morgan fingerprint density at radius 3 is 2.32 bits per heavy atom. The Kier molecular flexibility index (Phi) is 3.12. The Bertz CT molecular complexity index is 648. The summed E-state index contributed by atoms with van der Waals surface area (Å²) in [6.45, 7) is 0. The van der Waals surface area contributed by atoms with Crippen molar-refractivity contribution in [2.75, 3.05) is 6.26 Å². The number of aliphatic carboxylic acids is 1. The second kappa shape index (κ2) is 4.26. The van der Waals surface area contributed by atoms with Crippen LogP contribution in [0.2, 0.25) is 0 Å². The molecule has 0 amide bonds. The minimum absolute atomic E-state index is 0.0557. The van der Waals surface area contributed by atoms with Gasteiger partial charge in [-0.3, -0.25) is 4.79 Å². The van der Waals surface area contributed by atoms with E-state index in [4.69, 9.17) is 5.11 Å². The van der Waals surface area contributed by atoms with Gasteiger partial charge in [0.05, 0.1) is 6.42 Å². The molecular formula is C12H12F2O4S. The molecule has 4 nitrogen and oxygen atoms in total. The number of halogens is 2. The molecule has 2 rings (SSSR count). The van der Waals surface area contributed by atoms with E-state index in [1.165, 1.54) is 6.07 Å². The SMILES string of the molecule is CS(=O)(=O)c1ccc(C2(CC(=O)O)CC2)c(F)c1F. The third-order valence-corrected chi connectivity index (χ3v) is 4.48. The Labute approximate surface area is 109 Å². The van der Waals surface area contributed by atoms with Gasteiger partial charge in [0, 0.05) is 11.7 Å². The fourth-order valence-electron chi connectivity index (χ4n) is 2.21. The summed E-state index contributed by atoms with van der Waals surface area (Å²) < 4.78 is 50.2. The summed E-state index contributed by atoms with van der Waals surface area (Å²) in [5.74, 6) is -3.79. The molecule has 1 fully saturated rings. The highest BCUT2D eigenvalue weighted by atomic mass is 32.2. The second-order valence-corrected chi connectivity index (χ2v) is 6.85. The summed E-state index contributed by atoms with van der Waals surface area (Å²) >= 11 is 0. The molecule has 1 N–H and O–H groups in total. The number of carboxylic acid groups (broad SMARTS) is 1. The largest absolute Gasteiger partial charge is 0.481 e. The molecule has 19 heavy (non-hydrogen) atoms. The lowest BCUT2D eigenvalue weighted by Gasteiger charge is -2.15. The number of hydrogen-bond acceptors (Lipinski definition) is 3. The van der Waals surface area contributed by atoms with Crippen molar-refractivity contribution < 1.29 is 27.1 Å². The highest BCUT2D eigenvalue weighted by Gasteiger charge is 2.48. The summed E-state index contributed by atoms with van der Waals surface area (Å²) in [6, 6.07) is 2.16. The molecule has 7 heteroatoms. The smallest absolute Gasteiger partial charge is 0.304 e. The van der Waals surface area contributed by atoms with E-state index < -0.39 is 37.8 Å². The summed E-state index contributed by atoms with van der Waals surface area (Å²) in [7, 11) is -3.85. The van der Waals surface area contributed by atoms with E-state index in [0.717, 1.165) is 12.3 Å². The highest BCUT2D eigenvalue weighted by Crippen LogP contribution is 2.52. The van der Waals surface area contributed by atoms with Crippen molar-refractivity contribution in [1.82, 2.24) is 0 Å². The van der Waals surface area contributed by atoms with Gasteiger partial charge < -0.3 is 5.11 Å². The van der Waals surface area contributed by atoms with Crippen LogP contribution in [0.15, 0.2) is 17.0 Å². The lowest BCUT2D eigenvalue weighted by Crippen LogP contribution is -2.16. The normalized spacial score (nSPS) is 17.2. The van der Waals surface area contributed by atoms with Crippen LogP contribution in [0.4, 0.5) is 8.78 Å². The minimum Gasteiger partial charge on any atom is -0.481 e. The van der Waals surface area contributed by atoms with Crippen LogP contribution >= 0.6 is 0 Å². The number of benzene rings is 1. The molecule has 0 atom stereocenters. The molecule has 0 saturated heterocycles. The standard InChI is InChI=1S/C12H12F2O4S/c1-19(17,18)8-3-2-7(10(13)11(8)14)12(4-5-12)6-9(15)16/h2-3H,4-6H2,1H3,(H,15,16). The molecule has 1 aliphatic carbocycles. The maximum absolute atomic E-state index is 13.9. The van der Waals surface area contributed by atoms with Crippen LogP contribution in [0.3, 0.4) is 0 Å². The van der Waals surface area contributed by atoms with Gasteiger partial charge in [-0.1, -0.05) is 6.07 Å². The number of sulfone groups is 1. The summed E-state index contributed by atoms with van der Waals surface area (Å²) in [5.41, 5.74) is -0.952. The van der Waals surface area contributed by atoms with Crippen molar-refractivity contribution in [3.63, 3.8) is 0 Å². The van der Waals surface area contributed by atoms with E-state index >= 15 is 0 Å². The van der Waals surface area contributed by atoms with Crippen LogP contribution in [-0.4, -0.2) is 25.7 Å². The van der Waals surface area contributed by atoms with E-state index in [2.05, 4.69) is 0 Å². The lowest BCUT2D eigenvalue weighted by molar-refractivity contribution is -0.137. The van der Waals surface area contributed by atoms with Crippen LogP contribution in [0.25, 0.3) is 0 Å². The summed E-state index contributed by atoms with van der Waals surface area (Å²) in [6.07, 6.45) is 1.40. The topological polar surface area (TPSA) is 71.4 Å². The summed E-state index contributed by atoms with van der Waals surface area (Å²) in [5, 5.41) is 8.78. The van der Waals surface area contributed by atoms with E-state index in [-0.39, 0.29) is 12.0 Å². The van der Waals surface area contributed by atoms with Crippen molar-refractivity contribution in [3.8, 4) is 0 Å². The molecule has 0 unspecified atom stereocenters. The monoisotopic (exact) mass is 290 g/mol. The Hall–Kier alpha value is -1.50. The number of carboxylic acids is 1. The first-order valence-corrected chi connectivity index (χ1v) is 7.47. The van der Waals surface area contributed by atoms with Gasteiger partial charge in [-0.25, -0.2) is 17.2 Å². The highest BCUT2D eigenvalue weighted by molar-refractivity contribution is 7.90. The van der Waals surface area contributed by atoms with Crippen molar-refractivity contribution in [2.24, 2.45) is 0 Å². The van der Waals surface area contributed by atoms with Crippen LogP contribution in [0, 0.1) is 11.6 Å². The van der Waals surface area contributed by atoms with Crippen LogP contribution in [0.5, 0.6) is 0 Å². The van der Waals surface area contributed by atoms with Gasteiger partial charge in [0.1, 0.15) is 4.90 Å². The average Bonchev–Trinajstić information content (AvgIpc) is 2.99. The van der Waals surface area contributed by atoms with Gasteiger partial charge in [-0.05, 0) is 24.5 Å². The van der Waals surface area contributed by atoms with Gasteiger partial charge in [-0.2, -0.15) is 0 Å². The van der Waals surface area contributed by atoms with E-state index in [1.807, 2.05) is 0 Å². The molecule has 1 aromatic carbocycles. The predicted molar refractivity (Wildman–Crippen MR) is 62.6 cm³/mol. The predicted octanol–water partition coefficient (Wildman–Crippen LogP) is 1.87. The zero-order valence-electron chi connectivity index (χ0n) is 10.1. The first-order chi connectivity index (χ1) is 8.67. The van der Waals surface area contributed by atoms with Crippen molar-refractivity contribution in [3.05, 3.63) is 29.3 Å². The molecule has 0 radical (unpaired) electrons. The lowest BCUT2D eigenvalue weighted by atomic mass is 9.92. The van der Waals surface area contributed by atoms with E-state index in [1.54, 1.807) is 0 Å². The molecule has 0 aromatic heterocycles. The molecule has 0 heterocycles. The fourth-order valence-corrected chi connectivity index (χ4v) is 2.94. The van der Waals surface area contributed by atoms with Crippen LogP contribution in [0.1, 0.15) is 24.8 Å². The van der Waals surface area contributed by atoms with Crippen molar-refractivity contribution in [2.45, 2.75) is 29.6 Å². The molecule has 1 aromatic rings. The van der Waals surface area contributed by atoms with Gasteiger partial charge in [0.15, 0.2) is 21.5 Å².